The summed E-state index contributed by atoms with van der Waals surface area (Å²) in [5.74, 6) is -1.03. The number of rotatable bonds is 4. The number of benzene rings is 1. The molecule has 0 spiro atoms. The number of carboxylic acids is 1. The molecule has 1 heterocycles. The van der Waals surface area contributed by atoms with Crippen molar-refractivity contribution < 1.29 is 9.90 Å². The lowest BCUT2D eigenvalue weighted by Gasteiger charge is -2.05. The molecule has 2 rings (SSSR count). The Morgan fingerprint density at radius 2 is 2.26 bits per heavy atom. The monoisotopic (exact) mass is 258 g/mol. The van der Waals surface area contributed by atoms with Crippen LogP contribution in [0, 0.1) is 0 Å². The van der Waals surface area contributed by atoms with Crippen molar-refractivity contribution in [3.05, 3.63) is 46.0 Å². The average Bonchev–Trinajstić information content (AvgIpc) is 2.37. The van der Waals surface area contributed by atoms with Gasteiger partial charge >= 0.3 is 5.97 Å². The van der Waals surface area contributed by atoms with Crippen LogP contribution in [0.15, 0.2) is 29.3 Å². The molecular formula is C14H14N2O3. The molecule has 98 valence electrons. The van der Waals surface area contributed by atoms with Gasteiger partial charge in [0.15, 0.2) is 0 Å². The minimum absolute atomic E-state index is 0.215. The number of hydrogen-bond acceptors (Lipinski definition) is 3. The number of aryl methyl sites for hydroxylation is 1. The van der Waals surface area contributed by atoms with E-state index in [4.69, 9.17) is 5.11 Å². The predicted molar refractivity (Wildman–Crippen MR) is 73.0 cm³/mol. The third kappa shape index (κ3) is 2.88. The third-order valence-corrected chi connectivity index (χ3v) is 2.78. The number of nitrogens with zero attached hydrogens (tertiary/aromatic N) is 1. The molecule has 19 heavy (non-hydrogen) atoms. The Balaban J connectivity index is 2.68. The Kier molecular flexibility index (Phi) is 3.75. The second-order valence-electron chi connectivity index (χ2n) is 4.23. The van der Waals surface area contributed by atoms with Gasteiger partial charge in [-0.25, -0.2) is 9.78 Å². The van der Waals surface area contributed by atoms with Crippen molar-refractivity contribution >= 4 is 22.9 Å². The summed E-state index contributed by atoms with van der Waals surface area (Å²) < 4.78 is 0. The Morgan fingerprint density at radius 3 is 2.95 bits per heavy atom. The van der Waals surface area contributed by atoms with Gasteiger partial charge in [0.05, 0.1) is 17.2 Å². The number of nitrogens with one attached hydrogen (secondary N) is 1. The molecule has 0 atom stereocenters. The van der Waals surface area contributed by atoms with E-state index in [-0.39, 0.29) is 5.56 Å². The lowest BCUT2D eigenvalue weighted by Crippen LogP contribution is -2.07. The number of aromatic amines is 1. The lowest BCUT2D eigenvalue weighted by molar-refractivity contribution is -0.131. The molecule has 2 aromatic rings. The summed E-state index contributed by atoms with van der Waals surface area (Å²) in [6.07, 6.45) is 5.62. The average molecular weight is 258 g/mol. The topological polar surface area (TPSA) is 83.0 Å². The number of hydrogen-bond donors (Lipinski definition) is 2. The molecule has 1 aromatic heterocycles. The molecule has 0 saturated heterocycles. The summed E-state index contributed by atoms with van der Waals surface area (Å²) in [5.41, 5.74) is 1.95. The molecule has 0 saturated carbocycles. The van der Waals surface area contributed by atoms with Crippen LogP contribution < -0.4 is 5.56 Å². The van der Waals surface area contributed by atoms with E-state index in [2.05, 4.69) is 9.97 Å². The normalized spacial score (nSPS) is 11.2. The van der Waals surface area contributed by atoms with Crippen molar-refractivity contribution in [3.63, 3.8) is 0 Å². The van der Waals surface area contributed by atoms with Gasteiger partial charge in [-0.15, -0.1) is 0 Å². The van der Waals surface area contributed by atoms with Crippen LogP contribution in [0.5, 0.6) is 0 Å². The van der Waals surface area contributed by atoms with Crippen LogP contribution in [0.4, 0.5) is 0 Å². The standard InChI is InChI=1S/C14H14N2O3/c1-2-3-9-6-10(4-5-12(17)18)13-11(7-9)14(19)16-8-15-13/h4-8H,2-3H2,1H3,(H,17,18)(H,15,16,19)/b5-4+. The third-order valence-electron chi connectivity index (χ3n) is 2.78. The Bertz CT molecular complexity index is 701. The largest absolute Gasteiger partial charge is 0.478 e. The maximum Gasteiger partial charge on any atom is 0.328 e. The van der Waals surface area contributed by atoms with Gasteiger partial charge in [-0.1, -0.05) is 13.3 Å². The van der Waals surface area contributed by atoms with Crippen LogP contribution >= 0.6 is 0 Å². The summed E-state index contributed by atoms with van der Waals surface area (Å²) in [7, 11) is 0. The van der Waals surface area contributed by atoms with Crippen molar-refractivity contribution in [1.82, 2.24) is 9.97 Å². The summed E-state index contributed by atoms with van der Waals surface area (Å²) in [6, 6.07) is 3.68. The molecule has 1 aromatic carbocycles. The van der Waals surface area contributed by atoms with E-state index >= 15 is 0 Å². The molecular weight excluding hydrogens is 244 g/mol. The van der Waals surface area contributed by atoms with Gasteiger partial charge in [0.25, 0.3) is 5.56 Å². The number of carbonyl (C=O) groups is 1. The molecule has 0 aliphatic heterocycles. The Hall–Kier alpha value is -2.43. The fourth-order valence-electron chi connectivity index (χ4n) is 1.99. The molecule has 0 unspecified atom stereocenters. The molecule has 0 fully saturated rings. The highest BCUT2D eigenvalue weighted by molar-refractivity contribution is 5.92. The van der Waals surface area contributed by atoms with Crippen molar-refractivity contribution in [3.8, 4) is 0 Å². The number of aromatic nitrogens is 2. The Labute approximate surface area is 109 Å². The zero-order valence-corrected chi connectivity index (χ0v) is 10.5. The zero-order valence-electron chi connectivity index (χ0n) is 10.5. The van der Waals surface area contributed by atoms with E-state index in [1.165, 1.54) is 12.4 Å². The highest BCUT2D eigenvalue weighted by Gasteiger charge is 2.06. The SMILES string of the molecule is CCCc1cc(/C=C/C(=O)O)c2nc[nH]c(=O)c2c1. The van der Waals surface area contributed by atoms with Crippen LogP contribution in [0.1, 0.15) is 24.5 Å². The summed E-state index contributed by atoms with van der Waals surface area (Å²) >= 11 is 0. The van der Waals surface area contributed by atoms with E-state index in [1.54, 1.807) is 0 Å². The van der Waals surface area contributed by atoms with Gasteiger partial charge in [-0.05, 0) is 30.2 Å². The molecule has 5 heteroatoms. The molecule has 0 amide bonds. The molecule has 0 aliphatic rings. The molecule has 5 nitrogen and oxygen atoms in total. The second kappa shape index (κ2) is 5.48. The maximum atomic E-state index is 11.8. The van der Waals surface area contributed by atoms with Crippen LogP contribution in [-0.4, -0.2) is 21.0 Å². The van der Waals surface area contributed by atoms with Gasteiger partial charge in [0.2, 0.25) is 0 Å². The predicted octanol–water partition coefficient (Wildman–Crippen LogP) is 1.97. The summed E-state index contributed by atoms with van der Waals surface area (Å²) in [4.78, 5) is 29.1. The Morgan fingerprint density at radius 1 is 1.47 bits per heavy atom. The highest BCUT2D eigenvalue weighted by atomic mass is 16.4. The summed E-state index contributed by atoms with van der Waals surface area (Å²) in [6.45, 7) is 2.05. The smallest absolute Gasteiger partial charge is 0.328 e. The van der Waals surface area contributed by atoms with Crippen molar-refractivity contribution in [2.75, 3.05) is 0 Å². The quantitative estimate of drug-likeness (QED) is 0.821. The van der Waals surface area contributed by atoms with Gasteiger partial charge in [0.1, 0.15) is 0 Å². The molecule has 0 bridgehead atoms. The van der Waals surface area contributed by atoms with E-state index in [0.717, 1.165) is 24.5 Å². The molecule has 2 N–H and O–H groups in total. The van der Waals surface area contributed by atoms with Crippen molar-refractivity contribution in [2.24, 2.45) is 0 Å². The van der Waals surface area contributed by atoms with Crippen LogP contribution in [0.2, 0.25) is 0 Å². The van der Waals surface area contributed by atoms with E-state index < -0.39 is 5.97 Å². The molecule has 0 radical (unpaired) electrons. The van der Waals surface area contributed by atoms with E-state index in [9.17, 15) is 9.59 Å². The lowest BCUT2D eigenvalue weighted by atomic mass is 10.0. The van der Waals surface area contributed by atoms with Crippen LogP contribution in [0.25, 0.3) is 17.0 Å². The number of aliphatic carboxylic acids is 1. The minimum Gasteiger partial charge on any atom is -0.478 e. The number of fused-ring (bicyclic) bond motifs is 1. The second-order valence-corrected chi connectivity index (χ2v) is 4.23. The number of carboxylic acid groups (broad SMARTS) is 1. The van der Waals surface area contributed by atoms with Crippen molar-refractivity contribution in [2.45, 2.75) is 19.8 Å². The highest BCUT2D eigenvalue weighted by Crippen LogP contribution is 2.18. The van der Waals surface area contributed by atoms with Gasteiger partial charge in [0, 0.05) is 11.6 Å². The summed E-state index contributed by atoms with van der Waals surface area (Å²) in [5, 5.41) is 9.18. The van der Waals surface area contributed by atoms with Gasteiger partial charge in [-0.2, -0.15) is 0 Å². The first kappa shape index (κ1) is 13.0. The first-order valence-electron chi connectivity index (χ1n) is 6.03. The minimum atomic E-state index is -1.03. The molecule has 0 aliphatic carbocycles. The van der Waals surface area contributed by atoms with E-state index in [0.29, 0.717) is 16.5 Å². The van der Waals surface area contributed by atoms with Crippen LogP contribution in [0.3, 0.4) is 0 Å². The van der Waals surface area contributed by atoms with Gasteiger partial charge in [-0.3, -0.25) is 4.79 Å². The first-order chi connectivity index (χ1) is 9.11. The van der Waals surface area contributed by atoms with Crippen LogP contribution in [-0.2, 0) is 11.2 Å². The zero-order chi connectivity index (χ0) is 13.8. The maximum absolute atomic E-state index is 11.8. The van der Waals surface area contributed by atoms with Gasteiger partial charge < -0.3 is 10.1 Å². The fraction of sp³-hybridized carbons (Fsp3) is 0.214. The number of H-pyrrole nitrogens is 1. The van der Waals surface area contributed by atoms with E-state index in [1.807, 2.05) is 19.1 Å². The van der Waals surface area contributed by atoms with Crippen molar-refractivity contribution in [1.29, 1.82) is 0 Å². The fourth-order valence-corrected chi connectivity index (χ4v) is 1.99. The first-order valence-corrected chi connectivity index (χ1v) is 6.03.